The highest BCUT2D eigenvalue weighted by Gasteiger charge is 2.22. The zero-order valence-corrected chi connectivity index (χ0v) is 13.4. The molecule has 0 radical (unpaired) electrons. The van der Waals surface area contributed by atoms with Crippen LogP contribution in [0.3, 0.4) is 0 Å². The van der Waals surface area contributed by atoms with Gasteiger partial charge in [-0.2, -0.15) is 0 Å². The van der Waals surface area contributed by atoms with Crippen LogP contribution in [-0.4, -0.2) is 31.4 Å². The molecule has 22 heavy (non-hydrogen) atoms. The van der Waals surface area contributed by atoms with Crippen molar-refractivity contribution in [3.63, 3.8) is 0 Å². The van der Waals surface area contributed by atoms with Crippen molar-refractivity contribution in [3.8, 4) is 0 Å². The van der Waals surface area contributed by atoms with Crippen LogP contribution in [0.4, 0.5) is 5.95 Å². The summed E-state index contributed by atoms with van der Waals surface area (Å²) in [7, 11) is 0. The van der Waals surface area contributed by atoms with E-state index in [9.17, 15) is 0 Å². The summed E-state index contributed by atoms with van der Waals surface area (Å²) in [5, 5.41) is 0. The van der Waals surface area contributed by atoms with Gasteiger partial charge >= 0.3 is 0 Å². The topological polar surface area (TPSA) is 80.8 Å². The number of rotatable bonds is 2. The van der Waals surface area contributed by atoms with Crippen molar-refractivity contribution < 1.29 is 0 Å². The van der Waals surface area contributed by atoms with Crippen molar-refractivity contribution in [1.29, 1.82) is 0 Å². The Morgan fingerprint density at radius 2 is 1.86 bits per heavy atom. The zero-order chi connectivity index (χ0) is 15.7. The van der Waals surface area contributed by atoms with E-state index in [1.54, 1.807) is 12.4 Å². The molecule has 0 unspecified atom stereocenters. The second-order valence-electron chi connectivity index (χ2n) is 6.83. The molecule has 1 aliphatic rings. The van der Waals surface area contributed by atoms with Crippen LogP contribution in [0, 0.1) is 0 Å². The first-order chi connectivity index (χ1) is 10.4. The fraction of sp³-hybridized carbons (Fsp3) is 0.500. The highest BCUT2D eigenvalue weighted by atomic mass is 15.1. The predicted octanol–water partition coefficient (Wildman–Crippen LogP) is 1.70. The maximum absolute atomic E-state index is 5.52. The van der Waals surface area contributed by atoms with Crippen LogP contribution in [-0.2, 0) is 24.9 Å². The summed E-state index contributed by atoms with van der Waals surface area (Å²) < 4.78 is 0. The highest BCUT2D eigenvalue weighted by Crippen LogP contribution is 2.23. The number of fused-ring (bicyclic) bond motifs is 1. The molecule has 0 aromatic carbocycles. The van der Waals surface area contributed by atoms with Gasteiger partial charge in [0.05, 0.1) is 0 Å². The Kier molecular flexibility index (Phi) is 3.78. The average Bonchev–Trinajstić information content (AvgIpc) is 2.48. The van der Waals surface area contributed by atoms with Crippen molar-refractivity contribution in [2.45, 2.75) is 45.7 Å². The Bertz CT molecular complexity index is 659. The lowest BCUT2D eigenvalue weighted by Crippen LogP contribution is -2.32. The fourth-order valence-corrected chi connectivity index (χ4v) is 2.58. The van der Waals surface area contributed by atoms with Crippen LogP contribution in [0.15, 0.2) is 18.6 Å². The van der Waals surface area contributed by atoms with Crippen LogP contribution in [0.1, 0.15) is 43.4 Å². The quantitative estimate of drug-likeness (QED) is 0.909. The maximum Gasteiger partial charge on any atom is 0.219 e. The molecule has 0 bridgehead atoms. The van der Waals surface area contributed by atoms with Gasteiger partial charge in [-0.15, -0.1) is 0 Å². The monoisotopic (exact) mass is 298 g/mol. The number of hydrogen-bond donors (Lipinski definition) is 1. The molecule has 0 saturated carbocycles. The number of nitrogens with zero attached hydrogens (tertiary/aromatic N) is 5. The average molecular weight is 298 g/mol. The Hall–Kier alpha value is -2.08. The summed E-state index contributed by atoms with van der Waals surface area (Å²) in [5.74, 6) is 1.24. The fourth-order valence-electron chi connectivity index (χ4n) is 2.58. The number of nitrogen functional groups attached to an aromatic ring is 1. The summed E-state index contributed by atoms with van der Waals surface area (Å²) in [6.45, 7) is 9.10. The first kappa shape index (κ1) is 14.8. The molecule has 2 aromatic heterocycles. The second-order valence-corrected chi connectivity index (χ2v) is 6.83. The maximum atomic E-state index is 5.52. The van der Waals surface area contributed by atoms with E-state index in [1.807, 2.05) is 6.20 Å². The van der Waals surface area contributed by atoms with E-state index in [-0.39, 0.29) is 5.41 Å². The molecule has 0 amide bonds. The van der Waals surface area contributed by atoms with Gasteiger partial charge in [0, 0.05) is 66.9 Å². The van der Waals surface area contributed by atoms with E-state index in [0.29, 0.717) is 5.95 Å². The largest absolute Gasteiger partial charge is 0.368 e. The SMILES string of the molecule is CC(C)(C)c1ncc2c(n1)CCN(Cc1cnc(N)nc1)C2. The van der Waals surface area contributed by atoms with Crippen LogP contribution in [0.25, 0.3) is 0 Å². The van der Waals surface area contributed by atoms with Crippen LogP contribution < -0.4 is 5.73 Å². The minimum Gasteiger partial charge on any atom is -0.368 e. The number of nitrogens with two attached hydrogens (primary N) is 1. The number of hydrogen-bond acceptors (Lipinski definition) is 6. The van der Waals surface area contributed by atoms with E-state index in [0.717, 1.165) is 37.4 Å². The smallest absolute Gasteiger partial charge is 0.219 e. The summed E-state index contributed by atoms with van der Waals surface area (Å²) in [5.41, 5.74) is 8.99. The Balaban J connectivity index is 1.73. The lowest BCUT2D eigenvalue weighted by Gasteiger charge is -2.29. The second kappa shape index (κ2) is 5.61. The summed E-state index contributed by atoms with van der Waals surface area (Å²) in [4.78, 5) is 19.7. The Morgan fingerprint density at radius 3 is 2.55 bits per heavy atom. The molecular formula is C16H22N6. The third-order valence-electron chi connectivity index (χ3n) is 3.82. The van der Waals surface area contributed by atoms with E-state index in [4.69, 9.17) is 10.7 Å². The third kappa shape index (κ3) is 3.22. The molecule has 2 aromatic rings. The van der Waals surface area contributed by atoms with Gasteiger partial charge in [-0.05, 0) is 0 Å². The van der Waals surface area contributed by atoms with Gasteiger partial charge < -0.3 is 5.73 Å². The molecule has 116 valence electrons. The minimum absolute atomic E-state index is 0.00648. The third-order valence-corrected chi connectivity index (χ3v) is 3.82. The Labute approximate surface area is 130 Å². The molecular weight excluding hydrogens is 276 g/mol. The number of anilines is 1. The molecule has 0 atom stereocenters. The normalized spacial score (nSPS) is 15.6. The van der Waals surface area contributed by atoms with E-state index < -0.39 is 0 Å². The molecule has 3 rings (SSSR count). The van der Waals surface area contributed by atoms with Crippen molar-refractivity contribution >= 4 is 5.95 Å². The molecule has 6 nitrogen and oxygen atoms in total. The van der Waals surface area contributed by atoms with Gasteiger partial charge in [0.25, 0.3) is 0 Å². The van der Waals surface area contributed by atoms with Crippen LogP contribution in [0.2, 0.25) is 0 Å². The van der Waals surface area contributed by atoms with E-state index >= 15 is 0 Å². The van der Waals surface area contributed by atoms with Gasteiger partial charge in [-0.3, -0.25) is 4.90 Å². The lowest BCUT2D eigenvalue weighted by atomic mass is 9.95. The molecule has 2 N–H and O–H groups in total. The van der Waals surface area contributed by atoms with Gasteiger partial charge in [-0.25, -0.2) is 19.9 Å². The first-order valence-corrected chi connectivity index (χ1v) is 7.56. The predicted molar refractivity (Wildman–Crippen MR) is 85.0 cm³/mol. The van der Waals surface area contributed by atoms with Gasteiger partial charge in [0.2, 0.25) is 5.95 Å². The first-order valence-electron chi connectivity index (χ1n) is 7.56. The van der Waals surface area contributed by atoms with Crippen LogP contribution in [0.5, 0.6) is 0 Å². The van der Waals surface area contributed by atoms with Crippen molar-refractivity contribution in [3.05, 3.63) is 41.2 Å². The van der Waals surface area contributed by atoms with Crippen molar-refractivity contribution in [1.82, 2.24) is 24.8 Å². The Morgan fingerprint density at radius 1 is 1.14 bits per heavy atom. The molecule has 1 aliphatic heterocycles. The van der Waals surface area contributed by atoms with Gasteiger partial charge in [-0.1, -0.05) is 20.8 Å². The molecule has 0 saturated heterocycles. The molecule has 3 heterocycles. The number of aromatic nitrogens is 4. The van der Waals surface area contributed by atoms with E-state index in [2.05, 4.69) is 40.6 Å². The molecule has 0 fully saturated rings. The summed E-state index contributed by atoms with van der Waals surface area (Å²) in [6.07, 6.45) is 6.51. The molecule has 0 aliphatic carbocycles. The summed E-state index contributed by atoms with van der Waals surface area (Å²) >= 11 is 0. The highest BCUT2D eigenvalue weighted by molar-refractivity contribution is 5.23. The van der Waals surface area contributed by atoms with Gasteiger partial charge in [0.15, 0.2) is 0 Å². The van der Waals surface area contributed by atoms with Crippen molar-refractivity contribution in [2.75, 3.05) is 12.3 Å². The standard InChI is InChI=1S/C16H22N6/c1-16(2,3)14-18-8-12-10-22(5-4-13(12)21-14)9-11-6-19-15(17)20-7-11/h6-8H,4-5,9-10H2,1-3H3,(H2,17,19,20). The van der Waals surface area contributed by atoms with Crippen LogP contribution >= 0.6 is 0 Å². The van der Waals surface area contributed by atoms with Crippen molar-refractivity contribution in [2.24, 2.45) is 0 Å². The summed E-state index contributed by atoms with van der Waals surface area (Å²) in [6, 6.07) is 0. The molecule has 0 spiro atoms. The lowest BCUT2D eigenvalue weighted by molar-refractivity contribution is 0.241. The minimum atomic E-state index is -0.00648. The van der Waals surface area contributed by atoms with E-state index in [1.165, 1.54) is 11.3 Å². The van der Waals surface area contributed by atoms with Gasteiger partial charge in [0.1, 0.15) is 5.82 Å². The molecule has 6 heteroatoms. The zero-order valence-electron chi connectivity index (χ0n) is 13.4.